The number of carboxylic acids is 1. The van der Waals surface area contributed by atoms with E-state index in [9.17, 15) is 4.79 Å². The van der Waals surface area contributed by atoms with E-state index >= 15 is 0 Å². The molecule has 0 aliphatic carbocycles. The minimum atomic E-state index is -0.878. The normalized spacial score (nSPS) is 12.5. The van der Waals surface area contributed by atoms with Crippen LogP contribution in [0.1, 0.15) is 23.6 Å². The van der Waals surface area contributed by atoms with E-state index in [-0.39, 0.29) is 6.42 Å². The molecule has 0 amide bonds. The Balaban J connectivity index is 2.95. The van der Waals surface area contributed by atoms with Crippen molar-refractivity contribution >= 4 is 21.9 Å². The maximum Gasteiger partial charge on any atom is 0.305 e. The minimum absolute atomic E-state index is 0.0444. The van der Waals surface area contributed by atoms with Gasteiger partial charge in [-0.2, -0.15) is 0 Å². The van der Waals surface area contributed by atoms with E-state index in [4.69, 9.17) is 10.8 Å². The molecule has 0 bridgehead atoms. The first-order valence-corrected chi connectivity index (χ1v) is 5.04. The molecule has 1 atom stereocenters. The van der Waals surface area contributed by atoms with Crippen LogP contribution in [0.2, 0.25) is 0 Å². The molecule has 1 rings (SSSR count). The molecule has 0 radical (unpaired) electrons. The molecule has 0 aliphatic heterocycles. The summed E-state index contributed by atoms with van der Waals surface area (Å²) in [7, 11) is 0. The second kappa shape index (κ2) is 4.57. The average molecular weight is 258 g/mol. The number of hydrogen-bond donors (Lipinski definition) is 2. The molecular weight excluding hydrogens is 246 g/mol. The van der Waals surface area contributed by atoms with Crippen LogP contribution in [0.3, 0.4) is 0 Å². The van der Waals surface area contributed by atoms with Crippen molar-refractivity contribution in [3.8, 4) is 0 Å². The van der Waals surface area contributed by atoms with E-state index in [0.717, 1.165) is 15.6 Å². The highest BCUT2D eigenvalue weighted by atomic mass is 79.9. The Morgan fingerprint density at radius 3 is 2.86 bits per heavy atom. The summed E-state index contributed by atoms with van der Waals surface area (Å²) in [6.45, 7) is 1.92. The minimum Gasteiger partial charge on any atom is -0.481 e. The van der Waals surface area contributed by atoms with Gasteiger partial charge in [0.05, 0.1) is 6.42 Å². The number of carbonyl (C=O) groups is 1. The van der Waals surface area contributed by atoms with Crippen LogP contribution < -0.4 is 5.73 Å². The molecule has 1 aromatic carbocycles. The Morgan fingerprint density at radius 1 is 1.64 bits per heavy atom. The van der Waals surface area contributed by atoms with E-state index in [2.05, 4.69) is 15.9 Å². The maximum absolute atomic E-state index is 10.5. The van der Waals surface area contributed by atoms with E-state index in [0.29, 0.717) is 0 Å². The van der Waals surface area contributed by atoms with Gasteiger partial charge >= 0.3 is 5.97 Å². The van der Waals surface area contributed by atoms with Crippen molar-refractivity contribution in [3.63, 3.8) is 0 Å². The molecule has 76 valence electrons. The first-order chi connectivity index (χ1) is 6.52. The zero-order valence-electron chi connectivity index (χ0n) is 7.83. The number of benzene rings is 1. The predicted molar refractivity (Wildman–Crippen MR) is 58.1 cm³/mol. The van der Waals surface area contributed by atoms with E-state index in [1.807, 2.05) is 25.1 Å². The largest absolute Gasteiger partial charge is 0.481 e. The zero-order chi connectivity index (χ0) is 10.7. The van der Waals surface area contributed by atoms with E-state index in [1.54, 1.807) is 0 Å². The first kappa shape index (κ1) is 11.2. The summed E-state index contributed by atoms with van der Waals surface area (Å²) in [5.74, 6) is -0.878. The lowest BCUT2D eigenvalue weighted by molar-refractivity contribution is -0.137. The van der Waals surface area contributed by atoms with Crippen LogP contribution in [0.25, 0.3) is 0 Å². The number of hydrogen-bond acceptors (Lipinski definition) is 2. The molecule has 3 N–H and O–H groups in total. The molecule has 0 aliphatic rings. The van der Waals surface area contributed by atoms with Gasteiger partial charge in [0, 0.05) is 10.5 Å². The van der Waals surface area contributed by atoms with Gasteiger partial charge in [-0.05, 0) is 24.1 Å². The summed E-state index contributed by atoms with van der Waals surface area (Å²) < 4.78 is 0.954. The molecule has 0 aromatic heterocycles. The standard InChI is InChI=1S/C10H12BrNO2/c1-6-7(3-2-4-8(6)11)9(12)5-10(13)14/h2-4,9H,5,12H2,1H3,(H,13,14)/t9-/m0/s1. The number of aliphatic carboxylic acids is 1. The Kier molecular flexibility index (Phi) is 3.66. The van der Waals surface area contributed by atoms with Gasteiger partial charge in [0.1, 0.15) is 0 Å². The smallest absolute Gasteiger partial charge is 0.305 e. The van der Waals surface area contributed by atoms with Crippen molar-refractivity contribution in [3.05, 3.63) is 33.8 Å². The van der Waals surface area contributed by atoms with Crippen molar-refractivity contribution in [2.24, 2.45) is 5.73 Å². The first-order valence-electron chi connectivity index (χ1n) is 4.24. The van der Waals surface area contributed by atoms with Crippen molar-refractivity contribution in [1.82, 2.24) is 0 Å². The Bertz CT molecular complexity index is 352. The van der Waals surface area contributed by atoms with Crippen LogP contribution >= 0.6 is 15.9 Å². The third-order valence-electron chi connectivity index (χ3n) is 2.10. The lowest BCUT2D eigenvalue weighted by Gasteiger charge is -2.13. The van der Waals surface area contributed by atoms with Gasteiger partial charge in [-0.25, -0.2) is 0 Å². The Morgan fingerprint density at radius 2 is 2.29 bits per heavy atom. The quantitative estimate of drug-likeness (QED) is 0.873. The van der Waals surface area contributed by atoms with E-state index < -0.39 is 12.0 Å². The highest BCUT2D eigenvalue weighted by Gasteiger charge is 2.13. The van der Waals surface area contributed by atoms with Gasteiger partial charge in [-0.15, -0.1) is 0 Å². The van der Waals surface area contributed by atoms with E-state index in [1.165, 1.54) is 0 Å². The summed E-state index contributed by atoms with van der Waals surface area (Å²) in [5, 5.41) is 8.61. The van der Waals surface area contributed by atoms with Crippen LogP contribution in [0, 0.1) is 6.92 Å². The third kappa shape index (κ3) is 2.56. The van der Waals surface area contributed by atoms with Gasteiger partial charge in [0.2, 0.25) is 0 Å². The van der Waals surface area contributed by atoms with Crippen molar-refractivity contribution in [1.29, 1.82) is 0 Å². The third-order valence-corrected chi connectivity index (χ3v) is 2.96. The summed E-state index contributed by atoms with van der Waals surface area (Å²) in [6, 6.07) is 5.18. The molecule has 0 unspecified atom stereocenters. The Labute approximate surface area is 91.1 Å². The van der Waals surface area contributed by atoms with Gasteiger partial charge < -0.3 is 10.8 Å². The lowest BCUT2D eigenvalue weighted by Crippen LogP contribution is -2.16. The molecule has 1 aromatic rings. The molecule has 3 nitrogen and oxygen atoms in total. The fourth-order valence-electron chi connectivity index (χ4n) is 1.32. The molecule has 14 heavy (non-hydrogen) atoms. The monoisotopic (exact) mass is 257 g/mol. The number of rotatable bonds is 3. The van der Waals surface area contributed by atoms with Gasteiger partial charge in [-0.3, -0.25) is 4.79 Å². The maximum atomic E-state index is 10.5. The summed E-state index contributed by atoms with van der Waals surface area (Å²) in [6.07, 6.45) is -0.0444. The second-order valence-corrected chi connectivity index (χ2v) is 4.01. The van der Waals surface area contributed by atoms with Crippen LogP contribution in [-0.4, -0.2) is 11.1 Å². The molecule has 0 spiro atoms. The fraction of sp³-hybridized carbons (Fsp3) is 0.300. The fourth-order valence-corrected chi connectivity index (χ4v) is 1.71. The van der Waals surface area contributed by atoms with Crippen molar-refractivity contribution in [2.75, 3.05) is 0 Å². The summed E-state index contributed by atoms with van der Waals surface area (Å²) in [4.78, 5) is 10.5. The van der Waals surface area contributed by atoms with Crippen LogP contribution in [0.15, 0.2) is 22.7 Å². The number of halogens is 1. The summed E-state index contributed by atoms with van der Waals surface area (Å²) in [5.41, 5.74) is 7.64. The number of nitrogens with two attached hydrogens (primary N) is 1. The van der Waals surface area contributed by atoms with Crippen molar-refractivity contribution < 1.29 is 9.90 Å². The van der Waals surface area contributed by atoms with Crippen LogP contribution in [0.5, 0.6) is 0 Å². The molecule has 0 fully saturated rings. The van der Waals surface area contributed by atoms with Crippen molar-refractivity contribution in [2.45, 2.75) is 19.4 Å². The molecule has 0 heterocycles. The van der Waals surface area contributed by atoms with Crippen LogP contribution in [0.4, 0.5) is 0 Å². The second-order valence-electron chi connectivity index (χ2n) is 3.16. The molecule has 4 heteroatoms. The SMILES string of the molecule is Cc1c(Br)cccc1[C@@H](N)CC(=O)O. The van der Waals surface area contributed by atoms with Gasteiger partial charge in [-0.1, -0.05) is 28.1 Å². The topological polar surface area (TPSA) is 63.3 Å². The zero-order valence-corrected chi connectivity index (χ0v) is 9.41. The molecule has 0 saturated carbocycles. The Hall–Kier alpha value is -0.870. The average Bonchev–Trinajstić information content (AvgIpc) is 2.08. The number of carboxylic acid groups (broad SMARTS) is 1. The van der Waals surface area contributed by atoms with Crippen LogP contribution in [-0.2, 0) is 4.79 Å². The van der Waals surface area contributed by atoms with Gasteiger partial charge in [0.15, 0.2) is 0 Å². The highest BCUT2D eigenvalue weighted by Crippen LogP contribution is 2.24. The predicted octanol–water partition coefficient (Wildman–Crippen LogP) is 2.23. The summed E-state index contributed by atoms with van der Waals surface area (Å²) >= 11 is 3.38. The molecular formula is C10H12BrNO2. The molecule has 0 saturated heterocycles. The van der Waals surface area contributed by atoms with Gasteiger partial charge in [0.25, 0.3) is 0 Å². The highest BCUT2D eigenvalue weighted by molar-refractivity contribution is 9.10. The lowest BCUT2D eigenvalue weighted by atomic mass is 10.00.